The number of benzene rings is 3. The van der Waals surface area contributed by atoms with Gasteiger partial charge in [0.25, 0.3) is 0 Å². The van der Waals surface area contributed by atoms with E-state index in [9.17, 15) is 22.7 Å². The summed E-state index contributed by atoms with van der Waals surface area (Å²) in [6.45, 7) is 0.126. The minimum absolute atomic E-state index is 0.0277. The number of hydrogen-bond acceptors (Lipinski definition) is 4. The van der Waals surface area contributed by atoms with Crippen LogP contribution in [0.4, 0.5) is 10.1 Å². The van der Waals surface area contributed by atoms with Crippen LogP contribution in [0.15, 0.2) is 69.6 Å². The zero-order valence-electron chi connectivity index (χ0n) is 17.7. The van der Waals surface area contributed by atoms with Crippen LogP contribution in [-0.4, -0.2) is 19.5 Å². The van der Waals surface area contributed by atoms with Crippen LogP contribution in [0.2, 0.25) is 0 Å². The average molecular weight is 544 g/mol. The van der Waals surface area contributed by atoms with Gasteiger partial charge in [-0.15, -0.1) is 0 Å². The van der Waals surface area contributed by atoms with Gasteiger partial charge in [-0.05, 0) is 72.4 Å². The second-order valence-electron chi connectivity index (χ2n) is 8.23. The quantitative estimate of drug-likeness (QED) is 0.274. The Bertz CT molecular complexity index is 1480. The molecule has 1 fully saturated rings. The van der Waals surface area contributed by atoms with Crippen molar-refractivity contribution in [2.75, 3.05) is 4.31 Å². The van der Waals surface area contributed by atoms with Crippen molar-refractivity contribution in [1.29, 1.82) is 0 Å². The SMILES string of the molecule is O=C(O)c1c(-c2ccc(F)cc2)oc2cc(N(Cc3cccc(Br)c3)[SH](=O)=O)c(C3CC3)cc12. The molecular formula is C25H19BrFNO5S. The first-order valence-corrected chi connectivity index (χ1v) is 12.5. The molecule has 1 saturated carbocycles. The highest BCUT2D eigenvalue weighted by molar-refractivity contribution is 9.10. The van der Waals surface area contributed by atoms with E-state index in [1.165, 1.54) is 28.6 Å². The fourth-order valence-electron chi connectivity index (χ4n) is 4.15. The number of carbonyl (C=O) groups is 1. The smallest absolute Gasteiger partial charge is 0.340 e. The molecule has 1 aromatic heterocycles. The number of carboxylic acid groups (broad SMARTS) is 1. The van der Waals surface area contributed by atoms with Crippen LogP contribution >= 0.6 is 15.9 Å². The third-order valence-corrected chi connectivity index (χ3v) is 7.12. The Balaban J connectivity index is 1.69. The zero-order valence-corrected chi connectivity index (χ0v) is 20.2. The molecule has 0 bridgehead atoms. The summed E-state index contributed by atoms with van der Waals surface area (Å²) >= 11 is 3.41. The third-order valence-electron chi connectivity index (χ3n) is 5.87. The molecule has 0 amide bonds. The second kappa shape index (κ2) is 8.88. The van der Waals surface area contributed by atoms with E-state index in [0.29, 0.717) is 16.6 Å². The standard InChI is InChI=1S/C25H19BrFNO5S/c26-17-3-1-2-14(10-17)13-28(34(31)32)21-12-22-20(11-19(21)15-4-5-15)23(25(29)30)24(33-22)16-6-8-18(27)9-7-16/h1-3,6-12,15,34H,4-5,13H2,(H,29,30). The summed E-state index contributed by atoms with van der Waals surface area (Å²) < 4.78 is 46.2. The zero-order chi connectivity index (χ0) is 24.0. The molecule has 4 aromatic rings. The van der Waals surface area contributed by atoms with Crippen molar-refractivity contribution < 1.29 is 27.1 Å². The highest BCUT2D eigenvalue weighted by atomic mass is 79.9. The topological polar surface area (TPSA) is 87.8 Å². The Kier molecular flexibility index (Phi) is 5.91. The first-order chi connectivity index (χ1) is 16.3. The van der Waals surface area contributed by atoms with Crippen LogP contribution in [-0.2, 0) is 17.4 Å². The fourth-order valence-corrected chi connectivity index (χ4v) is 5.22. The van der Waals surface area contributed by atoms with E-state index in [1.807, 2.05) is 24.3 Å². The minimum Gasteiger partial charge on any atom is -0.478 e. The number of fused-ring (bicyclic) bond motifs is 1. The monoisotopic (exact) mass is 543 g/mol. The van der Waals surface area contributed by atoms with E-state index >= 15 is 0 Å². The van der Waals surface area contributed by atoms with Gasteiger partial charge in [0.2, 0.25) is 10.9 Å². The van der Waals surface area contributed by atoms with Gasteiger partial charge in [-0.1, -0.05) is 28.1 Å². The first kappa shape index (κ1) is 22.6. The van der Waals surface area contributed by atoms with Gasteiger partial charge in [-0.25, -0.2) is 17.6 Å². The summed E-state index contributed by atoms with van der Waals surface area (Å²) in [6, 6.07) is 16.1. The van der Waals surface area contributed by atoms with Crippen LogP contribution < -0.4 is 4.31 Å². The number of furan rings is 1. The third kappa shape index (κ3) is 4.33. The number of carboxylic acids is 1. The lowest BCUT2D eigenvalue weighted by molar-refractivity contribution is 0.0699. The van der Waals surface area contributed by atoms with E-state index < -0.39 is 22.7 Å². The summed E-state index contributed by atoms with van der Waals surface area (Å²) in [6.07, 6.45) is 1.79. The highest BCUT2D eigenvalue weighted by Crippen LogP contribution is 2.48. The average Bonchev–Trinajstić information content (AvgIpc) is 3.57. The maximum Gasteiger partial charge on any atom is 0.340 e. The van der Waals surface area contributed by atoms with Gasteiger partial charge in [-0.2, -0.15) is 0 Å². The fraction of sp³-hybridized carbons (Fsp3) is 0.160. The Morgan fingerprint density at radius 1 is 1.12 bits per heavy atom. The summed E-state index contributed by atoms with van der Waals surface area (Å²) in [5, 5.41) is 10.3. The van der Waals surface area contributed by atoms with Crippen molar-refractivity contribution >= 4 is 49.4 Å². The Morgan fingerprint density at radius 2 is 1.85 bits per heavy atom. The number of thiol groups is 1. The summed E-state index contributed by atoms with van der Waals surface area (Å²) in [5.74, 6) is -1.37. The molecule has 9 heteroatoms. The van der Waals surface area contributed by atoms with Crippen LogP contribution in [0, 0.1) is 5.82 Å². The molecule has 5 rings (SSSR count). The molecule has 174 valence electrons. The highest BCUT2D eigenvalue weighted by Gasteiger charge is 2.32. The lowest BCUT2D eigenvalue weighted by Crippen LogP contribution is -2.21. The van der Waals surface area contributed by atoms with E-state index in [2.05, 4.69) is 15.9 Å². The van der Waals surface area contributed by atoms with E-state index in [-0.39, 0.29) is 29.4 Å². The number of hydrogen-bond donors (Lipinski definition) is 2. The molecular weight excluding hydrogens is 525 g/mol. The minimum atomic E-state index is -2.98. The molecule has 0 unspecified atom stereocenters. The van der Waals surface area contributed by atoms with Crippen molar-refractivity contribution in [3.05, 3.63) is 87.6 Å². The van der Waals surface area contributed by atoms with Crippen LogP contribution in [0.3, 0.4) is 0 Å². The van der Waals surface area contributed by atoms with Crippen molar-refractivity contribution in [3.8, 4) is 11.3 Å². The predicted octanol–water partition coefficient (Wildman–Crippen LogP) is 6.11. The first-order valence-electron chi connectivity index (χ1n) is 10.6. The van der Waals surface area contributed by atoms with Crippen molar-refractivity contribution in [1.82, 2.24) is 0 Å². The summed E-state index contributed by atoms with van der Waals surface area (Å²) in [5.41, 5.74) is 2.70. The van der Waals surface area contributed by atoms with Gasteiger partial charge in [0.05, 0.1) is 12.2 Å². The normalized spacial score (nSPS) is 13.5. The molecule has 0 spiro atoms. The number of nitrogens with zero attached hydrogens (tertiary/aromatic N) is 1. The molecule has 1 aliphatic rings. The molecule has 3 aromatic carbocycles. The molecule has 1 N–H and O–H groups in total. The molecule has 34 heavy (non-hydrogen) atoms. The summed E-state index contributed by atoms with van der Waals surface area (Å²) in [7, 11) is -2.98. The van der Waals surface area contributed by atoms with Gasteiger partial charge < -0.3 is 9.52 Å². The van der Waals surface area contributed by atoms with Gasteiger partial charge in [-0.3, -0.25) is 4.31 Å². The molecule has 0 saturated heterocycles. The second-order valence-corrected chi connectivity index (χ2v) is 10.1. The largest absolute Gasteiger partial charge is 0.478 e. The van der Waals surface area contributed by atoms with E-state index in [0.717, 1.165) is 28.4 Å². The maximum absolute atomic E-state index is 13.4. The maximum atomic E-state index is 13.4. The van der Waals surface area contributed by atoms with E-state index in [1.54, 1.807) is 12.1 Å². The lowest BCUT2D eigenvalue weighted by atomic mass is 10.0. The van der Waals surface area contributed by atoms with Gasteiger partial charge >= 0.3 is 5.97 Å². The number of aromatic carboxylic acids is 1. The molecule has 1 aliphatic carbocycles. The van der Waals surface area contributed by atoms with Crippen molar-refractivity contribution in [2.45, 2.75) is 25.3 Å². The predicted molar refractivity (Wildman–Crippen MR) is 131 cm³/mol. The van der Waals surface area contributed by atoms with Crippen LogP contribution in [0.25, 0.3) is 22.3 Å². The lowest BCUT2D eigenvalue weighted by Gasteiger charge is -2.21. The van der Waals surface area contributed by atoms with Gasteiger partial charge in [0, 0.05) is 21.5 Å². The molecule has 1 heterocycles. The van der Waals surface area contributed by atoms with Crippen molar-refractivity contribution in [3.63, 3.8) is 0 Å². The van der Waals surface area contributed by atoms with Gasteiger partial charge in [0.1, 0.15) is 22.7 Å². The molecule has 0 aliphatic heterocycles. The molecule has 0 radical (unpaired) electrons. The Hall–Kier alpha value is -3.17. The van der Waals surface area contributed by atoms with Crippen LogP contribution in [0.5, 0.6) is 0 Å². The summed E-state index contributed by atoms with van der Waals surface area (Å²) in [4.78, 5) is 12.2. The number of rotatable bonds is 7. The Morgan fingerprint density at radius 3 is 2.47 bits per heavy atom. The number of halogens is 2. The molecule has 6 nitrogen and oxygen atoms in total. The number of anilines is 1. The molecule has 0 atom stereocenters. The van der Waals surface area contributed by atoms with Crippen LogP contribution in [0.1, 0.15) is 40.2 Å². The van der Waals surface area contributed by atoms with Crippen molar-refractivity contribution in [2.24, 2.45) is 0 Å². The Labute approximate surface area is 204 Å². The van der Waals surface area contributed by atoms with Gasteiger partial charge in [0.15, 0.2) is 0 Å². The van der Waals surface area contributed by atoms with E-state index in [4.69, 9.17) is 4.42 Å².